The molecule has 0 spiro atoms. The molecule has 0 aliphatic heterocycles. The molecule has 2 aliphatic carbocycles. The van der Waals surface area contributed by atoms with Gasteiger partial charge in [-0.25, -0.2) is 0 Å². The van der Waals surface area contributed by atoms with E-state index in [1.165, 1.54) is 0 Å². The van der Waals surface area contributed by atoms with Gasteiger partial charge in [-0.15, -0.1) is 0 Å². The van der Waals surface area contributed by atoms with Crippen LogP contribution in [0.2, 0.25) is 0 Å². The van der Waals surface area contributed by atoms with Crippen LogP contribution in [0.5, 0.6) is 0 Å². The van der Waals surface area contributed by atoms with Crippen LogP contribution in [-0.2, 0) is 0 Å². The zero-order valence-corrected chi connectivity index (χ0v) is 6.30. The Balaban J connectivity index is 2.07. The Labute approximate surface area is 63.3 Å². The van der Waals surface area contributed by atoms with Gasteiger partial charge >= 0.3 is 0 Å². The minimum Gasteiger partial charge on any atom is -0.0851 e. The molecule has 0 aromatic rings. The first kappa shape index (κ1) is 6.45. The molecule has 2 rings (SSSR count). The molecule has 1 saturated carbocycles. The summed E-state index contributed by atoms with van der Waals surface area (Å²) in [6.07, 6.45) is 13.3. The third kappa shape index (κ3) is 0.902. The molecule has 0 amide bonds. The topological polar surface area (TPSA) is 0 Å². The van der Waals surface area contributed by atoms with Crippen LogP contribution in [-0.4, -0.2) is 0 Å². The van der Waals surface area contributed by atoms with Crippen LogP contribution in [0.3, 0.4) is 0 Å². The Morgan fingerprint density at radius 2 is 2.00 bits per heavy atom. The van der Waals surface area contributed by atoms with Crippen molar-refractivity contribution in [3.05, 3.63) is 25.0 Å². The molecule has 0 heteroatoms. The number of hydrogen-bond acceptors (Lipinski definition) is 0. The standard InChI is InChI=1S/C10H12/c1-8-6-7-9-4-2-3-5-10(8)9/h6-10H,4-5H2,1H3. The highest BCUT2D eigenvalue weighted by molar-refractivity contribution is 5.12. The molecule has 4 radical (unpaired) electrons. The van der Waals surface area contributed by atoms with E-state index >= 15 is 0 Å². The SMILES string of the molecule is CC1C=CC2C[C][C]CC12. The van der Waals surface area contributed by atoms with E-state index in [4.69, 9.17) is 0 Å². The van der Waals surface area contributed by atoms with Crippen molar-refractivity contribution in [2.45, 2.75) is 19.8 Å². The Kier molecular flexibility index (Phi) is 1.55. The van der Waals surface area contributed by atoms with Crippen LogP contribution in [0.4, 0.5) is 0 Å². The van der Waals surface area contributed by atoms with E-state index in [0.29, 0.717) is 0 Å². The third-order valence-electron chi connectivity index (χ3n) is 2.69. The first-order valence-corrected chi connectivity index (χ1v) is 4.02. The van der Waals surface area contributed by atoms with E-state index in [9.17, 15) is 0 Å². The highest BCUT2D eigenvalue weighted by Crippen LogP contribution is 2.40. The summed E-state index contributed by atoms with van der Waals surface area (Å²) in [4.78, 5) is 0. The Bertz CT molecular complexity index is 146. The minimum atomic E-state index is 0.777. The van der Waals surface area contributed by atoms with Crippen molar-refractivity contribution in [2.75, 3.05) is 0 Å². The molecule has 0 saturated heterocycles. The predicted molar refractivity (Wildman–Crippen MR) is 41.0 cm³/mol. The largest absolute Gasteiger partial charge is 0.0851 e. The van der Waals surface area contributed by atoms with Crippen molar-refractivity contribution in [2.24, 2.45) is 17.8 Å². The second-order valence-corrected chi connectivity index (χ2v) is 3.33. The van der Waals surface area contributed by atoms with E-state index in [1.54, 1.807) is 0 Å². The maximum Gasteiger partial charge on any atom is -0.00874 e. The van der Waals surface area contributed by atoms with Gasteiger partial charge in [-0.05, 0) is 43.4 Å². The molecular weight excluding hydrogens is 120 g/mol. The van der Waals surface area contributed by atoms with Crippen LogP contribution in [0.25, 0.3) is 0 Å². The minimum absolute atomic E-state index is 0.777. The van der Waals surface area contributed by atoms with Gasteiger partial charge in [0.05, 0.1) is 0 Å². The van der Waals surface area contributed by atoms with Crippen LogP contribution >= 0.6 is 0 Å². The second-order valence-electron chi connectivity index (χ2n) is 3.33. The molecule has 3 atom stereocenters. The van der Waals surface area contributed by atoms with Crippen molar-refractivity contribution in [1.82, 2.24) is 0 Å². The highest BCUT2D eigenvalue weighted by atomic mass is 14.3. The monoisotopic (exact) mass is 132 g/mol. The Morgan fingerprint density at radius 1 is 1.20 bits per heavy atom. The van der Waals surface area contributed by atoms with Gasteiger partial charge in [-0.2, -0.15) is 0 Å². The van der Waals surface area contributed by atoms with E-state index in [0.717, 1.165) is 30.6 Å². The Morgan fingerprint density at radius 3 is 2.80 bits per heavy atom. The summed E-state index contributed by atoms with van der Waals surface area (Å²) in [5.74, 6) is 2.41. The molecule has 1 fully saturated rings. The van der Waals surface area contributed by atoms with E-state index < -0.39 is 0 Å². The van der Waals surface area contributed by atoms with Crippen LogP contribution < -0.4 is 0 Å². The van der Waals surface area contributed by atoms with Gasteiger partial charge < -0.3 is 0 Å². The lowest BCUT2D eigenvalue weighted by molar-refractivity contribution is 0.322. The number of allylic oxidation sites excluding steroid dienone is 2. The molecule has 52 valence electrons. The number of rotatable bonds is 0. The summed E-state index contributed by atoms with van der Waals surface area (Å²) >= 11 is 0. The Hall–Kier alpha value is -0.260. The van der Waals surface area contributed by atoms with Crippen molar-refractivity contribution in [3.8, 4) is 0 Å². The average Bonchev–Trinajstić information content (AvgIpc) is 2.34. The lowest BCUT2D eigenvalue weighted by atomic mass is 9.78. The summed E-state index contributed by atoms with van der Waals surface area (Å²) in [6, 6.07) is 0. The van der Waals surface area contributed by atoms with E-state index in [-0.39, 0.29) is 0 Å². The first-order chi connectivity index (χ1) is 4.88. The fraction of sp³-hybridized carbons (Fsp3) is 0.600. The van der Waals surface area contributed by atoms with E-state index in [2.05, 4.69) is 31.9 Å². The zero-order valence-electron chi connectivity index (χ0n) is 6.30. The molecule has 0 aromatic heterocycles. The molecule has 2 aliphatic rings. The smallest absolute Gasteiger partial charge is 0.00874 e. The molecule has 10 heavy (non-hydrogen) atoms. The number of fused-ring (bicyclic) bond motifs is 1. The lowest BCUT2D eigenvalue weighted by Crippen LogP contribution is -2.18. The summed E-state index contributed by atoms with van der Waals surface area (Å²) in [5.41, 5.74) is 0. The van der Waals surface area contributed by atoms with Gasteiger partial charge in [-0.1, -0.05) is 19.1 Å². The fourth-order valence-electron chi connectivity index (χ4n) is 1.93. The quantitative estimate of drug-likeness (QED) is 0.444. The molecule has 0 nitrogen and oxygen atoms in total. The molecular formula is C10H12. The van der Waals surface area contributed by atoms with Gasteiger partial charge in [-0.3, -0.25) is 0 Å². The highest BCUT2D eigenvalue weighted by Gasteiger charge is 2.30. The summed E-state index contributed by atoms with van der Waals surface area (Å²) in [7, 11) is 0. The normalized spacial score (nSPS) is 45.5. The van der Waals surface area contributed by atoms with Gasteiger partial charge in [0.1, 0.15) is 0 Å². The summed E-state index contributed by atoms with van der Waals surface area (Å²) in [6.45, 7) is 2.30. The van der Waals surface area contributed by atoms with E-state index in [1.807, 2.05) is 0 Å². The predicted octanol–water partition coefficient (Wildman–Crippen LogP) is 2.38. The van der Waals surface area contributed by atoms with Gasteiger partial charge in [0.2, 0.25) is 0 Å². The maximum atomic E-state index is 3.20. The summed E-state index contributed by atoms with van der Waals surface area (Å²) in [5, 5.41) is 0. The fourth-order valence-corrected chi connectivity index (χ4v) is 1.93. The average molecular weight is 132 g/mol. The summed E-state index contributed by atoms with van der Waals surface area (Å²) < 4.78 is 0. The lowest BCUT2D eigenvalue weighted by Gasteiger charge is -2.26. The molecule has 0 aromatic carbocycles. The van der Waals surface area contributed by atoms with Crippen molar-refractivity contribution < 1.29 is 0 Å². The van der Waals surface area contributed by atoms with Crippen molar-refractivity contribution in [3.63, 3.8) is 0 Å². The van der Waals surface area contributed by atoms with Crippen LogP contribution in [0, 0.1) is 30.6 Å². The van der Waals surface area contributed by atoms with Gasteiger partial charge in [0.25, 0.3) is 0 Å². The van der Waals surface area contributed by atoms with Crippen molar-refractivity contribution >= 4 is 0 Å². The van der Waals surface area contributed by atoms with Crippen LogP contribution in [0.1, 0.15) is 19.8 Å². The second kappa shape index (κ2) is 2.41. The zero-order chi connectivity index (χ0) is 6.97. The molecule has 0 N–H and O–H groups in total. The molecule has 3 unspecified atom stereocenters. The van der Waals surface area contributed by atoms with Crippen molar-refractivity contribution in [1.29, 1.82) is 0 Å². The number of hydrogen-bond donors (Lipinski definition) is 0. The van der Waals surface area contributed by atoms with Gasteiger partial charge in [0.15, 0.2) is 0 Å². The maximum absolute atomic E-state index is 3.20. The van der Waals surface area contributed by atoms with Crippen LogP contribution in [0.15, 0.2) is 12.2 Å². The third-order valence-corrected chi connectivity index (χ3v) is 2.69. The molecule has 0 bridgehead atoms. The van der Waals surface area contributed by atoms with Gasteiger partial charge in [0, 0.05) is 0 Å². The first-order valence-electron chi connectivity index (χ1n) is 4.02. The molecule has 0 heterocycles.